The van der Waals surface area contributed by atoms with E-state index in [9.17, 15) is 0 Å². The Balaban J connectivity index is 1.81. The lowest BCUT2D eigenvalue weighted by Gasteiger charge is -2.38. The molecule has 1 saturated carbocycles. The van der Waals surface area contributed by atoms with E-state index in [0.29, 0.717) is 0 Å². The molecule has 0 bridgehead atoms. The molecule has 22 heavy (non-hydrogen) atoms. The topological polar surface area (TPSA) is 3.24 Å². The Hall–Kier alpha value is -1.25. The van der Waals surface area contributed by atoms with Crippen molar-refractivity contribution in [2.75, 3.05) is 20.6 Å². The predicted molar refractivity (Wildman–Crippen MR) is 93.6 cm³/mol. The maximum atomic E-state index is 2.48. The molecule has 0 radical (unpaired) electrons. The highest BCUT2D eigenvalue weighted by Crippen LogP contribution is 2.61. The van der Waals surface area contributed by atoms with Gasteiger partial charge in [-0.15, -0.1) is 0 Å². The van der Waals surface area contributed by atoms with E-state index in [0.717, 1.165) is 11.8 Å². The van der Waals surface area contributed by atoms with Crippen LogP contribution in [-0.4, -0.2) is 25.5 Å². The lowest BCUT2D eigenvalue weighted by Crippen LogP contribution is -2.32. The van der Waals surface area contributed by atoms with E-state index < -0.39 is 0 Å². The van der Waals surface area contributed by atoms with Crippen molar-refractivity contribution in [3.8, 4) is 0 Å². The Morgan fingerprint density at radius 3 is 2.09 bits per heavy atom. The molecule has 0 spiro atoms. The van der Waals surface area contributed by atoms with E-state index >= 15 is 0 Å². The first-order valence-corrected chi connectivity index (χ1v) is 8.94. The fourth-order valence-electron chi connectivity index (χ4n) is 4.26. The van der Waals surface area contributed by atoms with E-state index in [-0.39, 0.29) is 5.41 Å². The van der Waals surface area contributed by atoms with Gasteiger partial charge in [-0.05, 0) is 55.6 Å². The molecule has 2 aromatic carbocycles. The second-order valence-electron chi connectivity index (χ2n) is 7.16. The molecule has 0 N–H and O–H groups in total. The Kier molecular flexibility index (Phi) is 3.35. The average molecular weight is 309 g/mol. The monoisotopic (exact) mass is 309 g/mol. The normalized spacial score (nSPS) is 24.7. The highest BCUT2D eigenvalue weighted by molar-refractivity contribution is 7.99. The summed E-state index contributed by atoms with van der Waals surface area (Å²) in [6.45, 7) is 3.68. The summed E-state index contributed by atoms with van der Waals surface area (Å²) in [4.78, 5) is 5.22. The minimum absolute atomic E-state index is 0.166. The molecular weight excluding hydrogens is 286 g/mol. The quantitative estimate of drug-likeness (QED) is 0.811. The number of hydrogen-bond donors (Lipinski definition) is 0. The van der Waals surface area contributed by atoms with Crippen LogP contribution in [0.15, 0.2) is 58.3 Å². The minimum Gasteiger partial charge on any atom is -0.309 e. The highest BCUT2D eigenvalue weighted by Gasteiger charge is 2.54. The van der Waals surface area contributed by atoms with Gasteiger partial charge in [-0.1, -0.05) is 55.1 Å². The van der Waals surface area contributed by atoms with Crippen LogP contribution in [0.1, 0.15) is 24.5 Å². The highest BCUT2D eigenvalue weighted by atomic mass is 32.2. The van der Waals surface area contributed by atoms with Gasteiger partial charge in [0.05, 0.1) is 0 Å². The third-order valence-electron chi connectivity index (χ3n) is 5.38. The van der Waals surface area contributed by atoms with Crippen LogP contribution in [0.25, 0.3) is 0 Å². The fraction of sp³-hybridized carbons (Fsp3) is 0.400. The Bertz CT molecular complexity index is 661. The molecule has 1 aliphatic heterocycles. The smallest absolute Gasteiger partial charge is 0.0228 e. The molecule has 2 aliphatic rings. The summed E-state index contributed by atoms with van der Waals surface area (Å²) in [5, 5.41) is 0. The van der Waals surface area contributed by atoms with Crippen LogP contribution in [0.2, 0.25) is 0 Å². The number of rotatable bonds is 3. The molecule has 1 heterocycles. The van der Waals surface area contributed by atoms with Gasteiger partial charge in [0.2, 0.25) is 0 Å². The summed E-state index contributed by atoms with van der Waals surface area (Å²) < 4.78 is 0. The van der Waals surface area contributed by atoms with Crippen molar-refractivity contribution < 1.29 is 0 Å². The Morgan fingerprint density at radius 1 is 1.00 bits per heavy atom. The largest absolute Gasteiger partial charge is 0.309 e. The average Bonchev–Trinajstić information content (AvgIpc) is 3.26. The molecule has 0 aromatic heterocycles. The van der Waals surface area contributed by atoms with Crippen molar-refractivity contribution in [2.24, 2.45) is 11.8 Å². The summed E-state index contributed by atoms with van der Waals surface area (Å²) in [7, 11) is 4.38. The van der Waals surface area contributed by atoms with Gasteiger partial charge in [0, 0.05) is 21.8 Å². The van der Waals surface area contributed by atoms with Crippen molar-refractivity contribution in [3.63, 3.8) is 0 Å². The van der Waals surface area contributed by atoms with Crippen LogP contribution in [0, 0.1) is 11.8 Å². The zero-order valence-corrected chi connectivity index (χ0v) is 14.4. The first-order chi connectivity index (χ1) is 10.6. The number of hydrogen-bond acceptors (Lipinski definition) is 2. The lowest BCUT2D eigenvalue weighted by molar-refractivity contribution is 0.351. The number of nitrogens with zero attached hydrogens (tertiary/aromatic N) is 1. The van der Waals surface area contributed by atoms with Crippen LogP contribution >= 0.6 is 11.8 Å². The van der Waals surface area contributed by atoms with E-state index in [1.165, 1.54) is 33.9 Å². The molecule has 1 fully saturated rings. The van der Waals surface area contributed by atoms with Crippen LogP contribution in [-0.2, 0) is 5.41 Å². The van der Waals surface area contributed by atoms with Gasteiger partial charge >= 0.3 is 0 Å². The van der Waals surface area contributed by atoms with Gasteiger partial charge in [0.15, 0.2) is 0 Å². The van der Waals surface area contributed by atoms with E-state index in [1.807, 2.05) is 11.8 Å². The molecule has 2 heteroatoms. The maximum Gasteiger partial charge on any atom is 0.0228 e. The number of benzene rings is 2. The Morgan fingerprint density at radius 2 is 1.55 bits per heavy atom. The third kappa shape index (κ3) is 2.12. The van der Waals surface area contributed by atoms with Gasteiger partial charge in [-0.25, -0.2) is 0 Å². The fourth-order valence-corrected chi connectivity index (χ4v) is 5.57. The van der Waals surface area contributed by atoms with Crippen molar-refractivity contribution in [2.45, 2.75) is 28.6 Å². The molecule has 2 aromatic rings. The van der Waals surface area contributed by atoms with Gasteiger partial charge in [-0.2, -0.15) is 0 Å². The maximum absolute atomic E-state index is 2.48. The summed E-state index contributed by atoms with van der Waals surface area (Å²) in [6.07, 6.45) is 1.35. The van der Waals surface area contributed by atoms with Gasteiger partial charge in [0.1, 0.15) is 0 Å². The zero-order valence-electron chi connectivity index (χ0n) is 13.5. The van der Waals surface area contributed by atoms with E-state index in [1.54, 1.807) is 0 Å². The molecular formula is C20H23NS. The summed E-state index contributed by atoms with van der Waals surface area (Å²) in [5.41, 5.74) is 3.23. The van der Waals surface area contributed by atoms with Crippen molar-refractivity contribution in [1.82, 2.24) is 4.90 Å². The first-order valence-electron chi connectivity index (χ1n) is 8.12. The van der Waals surface area contributed by atoms with Crippen molar-refractivity contribution >= 4 is 11.8 Å². The van der Waals surface area contributed by atoms with Crippen LogP contribution in [0.3, 0.4) is 0 Å². The summed E-state index contributed by atoms with van der Waals surface area (Å²) in [6, 6.07) is 18.0. The van der Waals surface area contributed by atoms with Crippen LogP contribution in [0.4, 0.5) is 0 Å². The number of fused-ring (bicyclic) bond motifs is 2. The molecule has 2 atom stereocenters. The van der Waals surface area contributed by atoms with E-state index in [2.05, 4.69) is 74.4 Å². The van der Waals surface area contributed by atoms with Crippen LogP contribution < -0.4 is 0 Å². The molecule has 1 aliphatic carbocycles. The van der Waals surface area contributed by atoms with E-state index in [4.69, 9.17) is 0 Å². The molecule has 0 amide bonds. The minimum atomic E-state index is 0.166. The second kappa shape index (κ2) is 5.14. The SMILES string of the molecule is CN(C)CC1CC1C1(C)c2ccccc2Sc2ccccc21. The molecule has 114 valence electrons. The molecule has 4 rings (SSSR count). The molecule has 1 nitrogen and oxygen atoms in total. The summed E-state index contributed by atoms with van der Waals surface area (Å²) >= 11 is 1.93. The summed E-state index contributed by atoms with van der Waals surface area (Å²) in [5.74, 6) is 1.59. The zero-order chi connectivity index (χ0) is 15.3. The van der Waals surface area contributed by atoms with Crippen LogP contribution in [0.5, 0.6) is 0 Å². The third-order valence-corrected chi connectivity index (χ3v) is 6.53. The molecule has 2 unspecified atom stereocenters. The predicted octanol–water partition coefficient (Wildman–Crippen LogP) is 4.65. The van der Waals surface area contributed by atoms with Gasteiger partial charge < -0.3 is 4.90 Å². The van der Waals surface area contributed by atoms with Crippen molar-refractivity contribution in [1.29, 1.82) is 0 Å². The van der Waals surface area contributed by atoms with Gasteiger partial charge in [-0.3, -0.25) is 0 Å². The second-order valence-corrected chi connectivity index (χ2v) is 8.25. The van der Waals surface area contributed by atoms with Crippen molar-refractivity contribution in [3.05, 3.63) is 59.7 Å². The first kappa shape index (κ1) is 14.3. The lowest BCUT2D eigenvalue weighted by atomic mass is 9.71. The Labute approximate surface area is 137 Å². The molecule has 0 saturated heterocycles. The standard InChI is InChI=1S/C20H23NS/c1-20(17-12-14(17)13-21(2)3)15-8-4-6-10-18(15)22-19-11-7-5-9-16(19)20/h4-11,14,17H,12-13H2,1-3H3. The van der Waals surface area contributed by atoms with Gasteiger partial charge in [0.25, 0.3) is 0 Å².